The molecule has 1 atom stereocenters. The van der Waals surface area contributed by atoms with Crippen molar-refractivity contribution in [2.75, 3.05) is 5.32 Å². The van der Waals surface area contributed by atoms with E-state index < -0.39 is 16.8 Å². The zero-order valence-electron chi connectivity index (χ0n) is 13.3. The molecule has 9 heteroatoms. The zero-order chi connectivity index (χ0) is 17.9. The summed E-state index contributed by atoms with van der Waals surface area (Å²) in [4.78, 5) is 19.8. The molecule has 0 aromatic carbocycles. The third-order valence-corrected chi connectivity index (χ3v) is 4.05. The molecule has 0 aliphatic carbocycles. The SMILES string of the molecule is C=C(C[C@H](N)C(Cl)Cl)C(=O)Nc1cnc(-c2c(C)n[nH]c2C)cn1. The van der Waals surface area contributed by atoms with Gasteiger partial charge in [0.15, 0.2) is 5.82 Å². The molecule has 2 rings (SSSR count). The molecule has 2 heterocycles. The lowest BCUT2D eigenvalue weighted by Gasteiger charge is -2.13. The minimum atomic E-state index is -0.768. The van der Waals surface area contributed by atoms with E-state index in [0.29, 0.717) is 11.5 Å². The van der Waals surface area contributed by atoms with E-state index in [1.54, 1.807) is 6.20 Å². The normalized spacial score (nSPS) is 12.2. The van der Waals surface area contributed by atoms with Crippen molar-refractivity contribution < 1.29 is 4.79 Å². The Labute approximate surface area is 149 Å². The minimum absolute atomic E-state index is 0.183. The highest BCUT2D eigenvalue weighted by Crippen LogP contribution is 2.23. The van der Waals surface area contributed by atoms with Crippen LogP contribution in [0.25, 0.3) is 11.3 Å². The number of H-pyrrole nitrogens is 1. The maximum atomic E-state index is 12.1. The number of nitrogens with zero attached hydrogens (tertiary/aromatic N) is 3. The number of carbonyl (C=O) groups excluding carboxylic acids is 1. The first-order valence-electron chi connectivity index (χ1n) is 7.16. The summed E-state index contributed by atoms with van der Waals surface area (Å²) in [6, 6.07) is -0.563. The Balaban J connectivity index is 2.04. The molecule has 4 N–H and O–H groups in total. The number of alkyl halides is 2. The van der Waals surface area contributed by atoms with Crippen LogP contribution < -0.4 is 11.1 Å². The summed E-state index contributed by atoms with van der Waals surface area (Å²) < 4.78 is 0. The predicted octanol–water partition coefficient (Wildman–Crippen LogP) is 2.50. The van der Waals surface area contributed by atoms with Crippen LogP contribution in [0.4, 0.5) is 5.82 Å². The van der Waals surface area contributed by atoms with Crippen molar-refractivity contribution in [1.82, 2.24) is 20.2 Å². The van der Waals surface area contributed by atoms with Gasteiger partial charge in [-0.05, 0) is 20.3 Å². The van der Waals surface area contributed by atoms with Crippen LogP contribution in [-0.2, 0) is 4.79 Å². The van der Waals surface area contributed by atoms with Crippen LogP contribution in [-0.4, -0.2) is 37.0 Å². The van der Waals surface area contributed by atoms with Gasteiger partial charge in [-0.2, -0.15) is 5.10 Å². The molecule has 0 spiro atoms. The molecule has 0 saturated heterocycles. The number of aromatic nitrogens is 4. The van der Waals surface area contributed by atoms with E-state index >= 15 is 0 Å². The number of aromatic amines is 1. The van der Waals surface area contributed by atoms with Crippen LogP contribution in [0.1, 0.15) is 17.8 Å². The Morgan fingerprint density at radius 2 is 2.08 bits per heavy atom. The van der Waals surface area contributed by atoms with E-state index in [9.17, 15) is 4.79 Å². The highest BCUT2D eigenvalue weighted by atomic mass is 35.5. The largest absolute Gasteiger partial charge is 0.325 e. The van der Waals surface area contributed by atoms with Crippen molar-refractivity contribution >= 4 is 34.9 Å². The Bertz CT molecular complexity index is 721. The quantitative estimate of drug-likeness (QED) is 0.535. The molecular formula is C15H18Cl2N6O. The molecule has 2 aromatic rings. The number of nitrogens with two attached hydrogens (primary N) is 1. The van der Waals surface area contributed by atoms with Gasteiger partial charge < -0.3 is 11.1 Å². The number of carbonyl (C=O) groups is 1. The van der Waals surface area contributed by atoms with E-state index in [1.807, 2.05) is 13.8 Å². The van der Waals surface area contributed by atoms with Crippen LogP contribution >= 0.6 is 23.2 Å². The first kappa shape index (κ1) is 18.4. The molecule has 0 aliphatic rings. The van der Waals surface area contributed by atoms with Crippen LogP contribution in [0, 0.1) is 13.8 Å². The fraction of sp³-hybridized carbons (Fsp3) is 0.333. The smallest absolute Gasteiger partial charge is 0.252 e. The van der Waals surface area contributed by atoms with Gasteiger partial charge in [-0.25, -0.2) is 4.98 Å². The molecule has 0 bridgehead atoms. The van der Waals surface area contributed by atoms with Gasteiger partial charge in [0, 0.05) is 22.9 Å². The molecule has 0 aliphatic heterocycles. The summed E-state index contributed by atoms with van der Waals surface area (Å²) in [5.41, 5.74) is 9.27. The molecular weight excluding hydrogens is 351 g/mol. The summed E-state index contributed by atoms with van der Waals surface area (Å²) in [5, 5.41) is 9.62. The molecule has 1 amide bonds. The highest BCUT2D eigenvalue weighted by molar-refractivity contribution is 6.44. The lowest BCUT2D eigenvalue weighted by Crippen LogP contribution is -2.30. The first-order chi connectivity index (χ1) is 11.3. The second-order valence-corrected chi connectivity index (χ2v) is 6.52. The van der Waals surface area contributed by atoms with Crippen molar-refractivity contribution in [3.8, 4) is 11.3 Å². The third-order valence-electron chi connectivity index (χ3n) is 3.40. The lowest BCUT2D eigenvalue weighted by molar-refractivity contribution is -0.113. The summed E-state index contributed by atoms with van der Waals surface area (Å²) in [7, 11) is 0. The predicted molar refractivity (Wildman–Crippen MR) is 94.9 cm³/mol. The van der Waals surface area contributed by atoms with Gasteiger partial charge in [0.25, 0.3) is 5.91 Å². The fourth-order valence-corrected chi connectivity index (χ4v) is 2.30. The van der Waals surface area contributed by atoms with Crippen molar-refractivity contribution in [2.45, 2.75) is 31.1 Å². The van der Waals surface area contributed by atoms with Gasteiger partial charge in [0.2, 0.25) is 0 Å². The first-order valence-corrected chi connectivity index (χ1v) is 8.03. The van der Waals surface area contributed by atoms with Gasteiger partial charge in [-0.3, -0.25) is 14.9 Å². The number of amides is 1. The molecule has 0 unspecified atom stereocenters. The number of rotatable bonds is 6. The molecule has 7 nitrogen and oxygen atoms in total. The van der Waals surface area contributed by atoms with Gasteiger partial charge >= 0.3 is 0 Å². The number of hydrogen-bond acceptors (Lipinski definition) is 5. The van der Waals surface area contributed by atoms with Crippen LogP contribution in [0.3, 0.4) is 0 Å². The average Bonchev–Trinajstić information content (AvgIpc) is 2.87. The van der Waals surface area contributed by atoms with Crippen LogP contribution in [0.2, 0.25) is 0 Å². The zero-order valence-corrected chi connectivity index (χ0v) is 14.8. The van der Waals surface area contributed by atoms with E-state index in [1.165, 1.54) is 6.20 Å². The average molecular weight is 369 g/mol. The van der Waals surface area contributed by atoms with E-state index in [4.69, 9.17) is 28.9 Å². The Morgan fingerprint density at radius 1 is 1.38 bits per heavy atom. The van der Waals surface area contributed by atoms with Crippen LogP contribution in [0.5, 0.6) is 0 Å². The molecule has 0 radical (unpaired) electrons. The molecule has 2 aromatic heterocycles. The number of aryl methyl sites for hydroxylation is 2. The van der Waals surface area contributed by atoms with Crippen molar-refractivity contribution in [1.29, 1.82) is 0 Å². The highest BCUT2D eigenvalue weighted by Gasteiger charge is 2.17. The monoisotopic (exact) mass is 368 g/mol. The van der Waals surface area contributed by atoms with Gasteiger partial charge in [0.1, 0.15) is 4.84 Å². The number of anilines is 1. The van der Waals surface area contributed by atoms with E-state index in [2.05, 4.69) is 32.1 Å². The molecule has 0 fully saturated rings. The maximum Gasteiger partial charge on any atom is 0.252 e. The Morgan fingerprint density at radius 3 is 2.58 bits per heavy atom. The molecule has 24 heavy (non-hydrogen) atoms. The Kier molecular flexibility index (Phi) is 5.93. The van der Waals surface area contributed by atoms with Crippen molar-refractivity contribution in [2.24, 2.45) is 5.73 Å². The molecule has 0 saturated carbocycles. The lowest BCUT2D eigenvalue weighted by atomic mass is 10.1. The van der Waals surface area contributed by atoms with Gasteiger partial charge in [0.05, 0.1) is 23.8 Å². The second kappa shape index (κ2) is 7.74. The third kappa shape index (κ3) is 4.31. The van der Waals surface area contributed by atoms with E-state index in [0.717, 1.165) is 17.0 Å². The summed E-state index contributed by atoms with van der Waals surface area (Å²) in [6.07, 6.45) is 3.23. The van der Waals surface area contributed by atoms with E-state index in [-0.39, 0.29) is 12.0 Å². The number of nitrogens with one attached hydrogen (secondary N) is 2. The maximum absolute atomic E-state index is 12.1. The standard InChI is InChI=1S/C15H18Cl2N6O/c1-7(4-10(18)14(16)17)15(24)21-12-6-19-11(5-20-12)13-8(2)22-23-9(13)3/h5-6,10,14H,1,4,18H2,2-3H3,(H,22,23)(H,20,21,24)/t10-/m0/s1. The summed E-state index contributed by atoms with van der Waals surface area (Å²) in [5.74, 6) is -0.0947. The van der Waals surface area contributed by atoms with Crippen LogP contribution in [0.15, 0.2) is 24.5 Å². The topological polar surface area (TPSA) is 110 Å². The minimum Gasteiger partial charge on any atom is -0.325 e. The summed E-state index contributed by atoms with van der Waals surface area (Å²) in [6.45, 7) is 7.47. The van der Waals surface area contributed by atoms with Crippen molar-refractivity contribution in [3.63, 3.8) is 0 Å². The van der Waals surface area contributed by atoms with Gasteiger partial charge in [-0.1, -0.05) is 6.58 Å². The Hall–Kier alpha value is -1.96. The second-order valence-electron chi connectivity index (χ2n) is 5.36. The van der Waals surface area contributed by atoms with Crippen molar-refractivity contribution in [3.05, 3.63) is 35.9 Å². The fourth-order valence-electron chi connectivity index (χ4n) is 2.12. The number of halogens is 2. The molecule has 128 valence electrons. The van der Waals surface area contributed by atoms with Gasteiger partial charge in [-0.15, -0.1) is 23.2 Å². The number of hydrogen-bond donors (Lipinski definition) is 3. The summed E-state index contributed by atoms with van der Waals surface area (Å²) >= 11 is 11.3.